The van der Waals surface area contributed by atoms with E-state index in [1.165, 1.54) is 11.3 Å². The van der Waals surface area contributed by atoms with Crippen LogP contribution in [0.3, 0.4) is 0 Å². The SMILES string of the molecule is COc1ccc(NC(=O)/C(=C/c2cccs2)NC(=O)c2ccc(C)c(C)c2)cc1. The molecule has 0 saturated heterocycles. The summed E-state index contributed by atoms with van der Waals surface area (Å²) in [7, 11) is 1.58. The van der Waals surface area contributed by atoms with Gasteiger partial charge in [-0.1, -0.05) is 12.1 Å². The Kier molecular flexibility index (Phi) is 6.46. The molecule has 29 heavy (non-hydrogen) atoms. The molecule has 6 heteroatoms. The number of hydrogen-bond donors (Lipinski definition) is 2. The molecule has 0 spiro atoms. The Morgan fingerprint density at radius 1 is 1.00 bits per heavy atom. The first kappa shape index (κ1) is 20.4. The van der Waals surface area contributed by atoms with Gasteiger partial charge in [0, 0.05) is 16.1 Å². The molecule has 0 bridgehead atoms. The van der Waals surface area contributed by atoms with Crippen LogP contribution in [0.25, 0.3) is 6.08 Å². The number of carbonyl (C=O) groups is 2. The lowest BCUT2D eigenvalue weighted by atomic mass is 10.1. The van der Waals surface area contributed by atoms with E-state index in [1.807, 2.05) is 43.5 Å². The van der Waals surface area contributed by atoms with Crippen molar-refractivity contribution < 1.29 is 14.3 Å². The average molecular weight is 407 g/mol. The summed E-state index contributed by atoms with van der Waals surface area (Å²) >= 11 is 1.48. The van der Waals surface area contributed by atoms with Crippen LogP contribution in [0.1, 0.15) is 26.4 Å². The van der Waals surface area contributed by atoms with E-state index >= 15 is 0 Å². The molecular weight excluding hydrogens is 384 g/mol. The summed E-state index contributed by atoms with van der Waals surface area (Å²) in [5, 5.41) is 7.48. The highest BCUT2D eigenvalue weighted by atomic mass is 32.1. The molecule has 0 aliphatic carbocycles. The number of thiophene rings is 1. The quantitative estimate of drug-likeness (QED) is 0.579. The van der Waals surface area contributed by atoms with Crippen LogP contribution in [0, 0.1) is 13.8 Å². The number of ether oxygens (including phenoxy) is 1. The fourth-order valence-corrected chi connectivity index (χ4v) is 3.28. The normalized spacial score (nSPS) is 11.1. The van der Waals surface area contributed by atoms with E-state index in [0.717, 1.165) is 16.0 Å². The molecule has 0 fully saturated rings. The van der Waals surface area contributed by atoms with Gasteiger partial charge < -0.3 is 15.4 Å². The Bertz CT molecular complexity index is 1040. The Balaban J connectivity index is 1.82. The zero-order chi connectivity index (χ0) is 20.8. The molecule has 1 aromatic heterocycles. The topological polar surface area (TPSA) is 67.4 Å². The van der Waals surface area contributed by atoms with Crippen LogP contribution in [-0.4, -0.2) is 18.9 Å². The van der Waals surface area contributed by atoms with E-state index in [-0.39, 0.29) is 11.6 Å². The first-order chi connectivity index (χ1) is 14.0. The number of nitrogens with one attached hydrogen (secondary N) is 2. The number of carbonyl (C=O) groups excluding carboxylic acids is 2. The molecule has 3 aromatic rings. The van der Waals surface area contributed by atoms with E-state index in [4.69, 9.17) is 4.74 Å². The number of aryl methyl sites for hydroxylation is 2. The molecule has 0 radical (unpaired) electrons. The maximum absolute atomic E-state index is 12.9. The van der Waals surface area contributed by atoms with Crippen LogP contribution >= 0.6 is 11.3 Å². The van der Waals surface area contributed by atoms with Gasteiger partial charge in [0.25, 0.3) is 11.8 Å². The Labute approximate surface area is 174 Å². The minimum atomic E-state index is -0.402. The molecule has 0 saturated carbocycles. The van der Waals surface area contributed by atoms with Crippen LogP contribution in [0.4, 0.5) is 5.69 Å². The lowest BCUT2D eigenvalue weighted by molar-refractivity contribution is -0.113. The fraction of sp³-hybridized carbons (Fsp3) is 0.130. The van der Waals surface area contributed by atoms with Gasteiger partial charge in [0.15, 0.2) is 0 Å². The molecular formula is C23H22N2O3S. The van der Waals surface area contributed by atoms with Crippen LogP contribution in [0.2, 0.25) is 0 Å². The number of methoxy groups -OCH3 is 1. The fourth-order valence-electron chi connectivity index (χ4n) is 2.62. The third-order valence-electron chi connectivity index (χ3n) is 4.44. The standard InChI is InChI=1S/C23H22N2O3S/c1-15-6-7-17(13-16(15)2)22(26)25-21(14-20-5-4-12-29-20)23(27)24-18-8-10-19(28-3)11-9-18/h4-14H,1-3H3,(H,24,27)(H,25,26)/b21-14-. The molecule has 2 amide bonds. The van der Waals surface area contributed by atoms with Gasteiger partial charge in [-0.05, 0) is 78.9 Å². The van der Waals surface area contributed by atoms with Gasteiger partial charge in [0.1, 0.15) is 11.4 Å². The molecule has 2 aromatic carbocycles. The van der Waals surface area contributed by atoms with Gasteiger partial charge >= 0.3 is 0 Å². The zero-order valence-corrected chi connectivity index (χ0v) is 17.3. The van der Waals surface area contributed by atoms with Crippen LogP contribution in [0.15, 0.2) is 65.7 Å². The van der Waals surface area contributed by atoms with E-state index < -0.39 is 5.91 Å². The van der Waals surface area contributed by atoms with E-state index in [9.17, 15) is 9.59 Å². The largest absolute Gasteiger partial charge is 0.497 e. The summed E-state index contributed by atoms with van der Waals surface area (Å²) in [5.74, 6) is -0.0399. The van der Waals surface area contributed by atoms with Gasteiger partial charge in [-0.3, -0.25) is 9.59 Å². The first-order valence-electron chi connectivity index (χ1n) is 9.05. The first-order valence-corrected chi connectivity index (χ1v) is 9.93. The predicted molar refractivity (Wildman–Crippen MR) is 117 cm³/mol. The third kappa shape index (κ3) is 5.33. The average Bonchev–Trinajstić information content (AvgIpc) is 3.23. The number of amides is 2. The summed E-state index contributed by atoms with van der Waals surface area (Å²) in [6.07, 6.45) is 1.67. The van der Waals surface area contributed by atoms with Gasteiger partial charge in [-0.2, -0.15) is 0 Å². The van der Waals surface area contributed by atoms with Crippen molar-refractivity contribution >= 4 is 34.9 Å². The van der Waals surface area contributed by atoms with Gasteiger partial charge in [-0.15, -0.1) is 11.3 Å². The summed E-state index contributed by atoms with van der Waals surface area (Å²) in [4.78, 5) is 26.5. The molecule has 0 atom stereocenters. The molecule has 0 aliphatic rings. The van der Waals surface area contributed by atoms with E-state index in [0.29, 0.717) is 17.0 Å². The van der Waals surface area contributed by atoms with Crippen molar-refractivity contribution in [1.29, 1.82) is 0 Å². The second kappa shape index (κ2) is 9.21. The minimum absolute atomic E-state index is 0.173. The lowest BCUT2D eigenvalue weighted by Crippen LogP contribution is -2.30. The molecule has 0 unspecified atom stereocenters. The number of anilines is 1. The smallest absolute Gasteiger partial charge is 0.272 e. The van der Waals surface area contributed by atoms with E-state index in [2.05, 4.69) is 10.6 Å². The van der Waals surface area contributed by atoms with Crippen molar-refractivity contribution in [1.82, 2.24) is 5.32 Å². The van der Waals surface area contributed by atoms with Crippen molar-refractivity contribution in [2.45, 2.75) is 13.8 Å². The third-order valence-corrected chi connectivity index (χ3v) is 5.26. The maximum atomic E-state index is 12.9. The van der Waals surface area contributed by atoms with Crippen LogP contribution in [-0.2, 0) is 4.79 Å². The summed E-state index contributed by atoms with van der Waals surface area (Å²) in [5.41, 5.74) is 3.40. The van der Waals surface area contributed by atoms with Gasteiger partial charge in [-0.25, -0.2) is 0 Å². The molecule has 2 N–H and O–H groups in total. The zero-order valence-electron chi connectivity index (χ0n) is 16.5. The second-order valence-corrected chi connectivity index (χ2v) is 7.49. The highest BCUT2D eigenvalue weighted by Gasteiger charge is 2.16. The minimum Gasteiger partial charge on any atom is -0.497 e. The summed E-state index contributed by atoms with van der Waals surface area (Å²) < 4.78 is 5.13. The molecule has 3 rings (SSSR count). The summed E-state index contributed by atoms with van der Waals surface area (Å²) in [6, 6.07) is 16.2. The number of hydrogen-bond acceptors (Lipinski definition) is 4. The van der Waals surface area contributed by atoms with Gasteiger partial charge in [0.2, 0.25) is 0 Å². The van der Waals surface area contributed by atoms with Crippen molar-refractivity contribution in [2.75, 3.05) is 12.4 Å². The van der Waals surface area contributed by atoms with Crippen molar-refractivity contribution in [3.05, 3.63) is 87.2 Å². The maximum Gasteiger partial charge on any atom is 0.272 e. The van der Waals surface area contributed by atoms with Crippen molar-refractivity contribution in [2.24, 2.45) is 0 Å². The predicted octanol–water partition coefficient (Wildman–Crippen LogP) is 4.78. The molecule has 1 heterocycles. The van der Waals surface area contributed by atoms with Crippen molar-refractivity contribution in [3.63, 3.8) is 0 Å². The highest BCUT2D eigenvalue weighted by Crippen LogP contribution is 2.18. The monoisotopic (exact) mass is 406 g/mol. The molecule has 5 nitrogen and oxygen atoms in total. The lowest BCUT2D eigenvalue weighted by Gasteiger charge is -2.12. The highest BCUT2D eigenvalue weighted by molar-refractivity contribution is 7.10. The Hall–Kier alpha value is -3.38. The Morgan fingerprint density at radius 2 is 1.76 bits per heavy atom. The van der Waals surface area contributed by atoms with Gasteiger partial charge in [0.05, 0.1) is 7.11 Å². The Morgan fingerprint density at radius 3 is 2.38 bits per heavy atom. The molecule has 0 aliphatic heterocycles. The number of rotatable bonds is 6. The van der Waals surface area contributed by atoms with Crippen LogP contribution in [0.5, 0.6) is 5.75 Å². The number of benzene rings is 2. The van der Waals surface area contributed by atoms with Crippen LogP contribution < -0.4 is 15.4 Å². The molecule has 148 valence electrons. The van der Waals surface area contributed by atoms with Crippen molar-refractivity contribution in [3.8, 4) is 5.75 Å². The van der Waals surface area contributed by atoms with E-state index in [1.54, 1.807) is 43.5 Å². The summed E-state index contributed by atoms with van der Waals surface area (Å²) in [6.45, 7) is 3.94. The second-order valence-electron chi connectivity index (χ2n) is 6.51.